The molecule has 60 valence electrons. The molecule has 1 saturated carbocycles. The van der Waals surface area contributed by atoms with Crippen LogP contribution in [0.2, 0.25) is 0 Å². The average Bonchev–Trinajstić information content (AvgIpc) is 2.74. The number of nitrogens with two attached hydrogens (primary N) is 1. The molecule has 0 radical (unpaired) electrons. The van der Waals surface area contributed by atoms with Gasteiger partial charge in [-0.05, 0) is 25.7 Å². The van der Waals surface area contributed by atoms with Crippen molar-refractivity contribution in [2.75, 3.05) is 5.73 Å². The normalized spacial score (nSPS) is 17.2. The first-order chi connectivity index (χ1) is 5.27. The van der Waals surface area contributed by atoms with E-state index in [9.17, 15) is 0 Å². The van der Waals surface area contributed by atoms with E-state index in [2.05, 4.69) is 9.55 Å². The highest BCUT2D eigenvalue weighted by molar-refractivity contribution is 5.33. The number of rotatable bonds is 2. The number of aromatic nitrogens is 2. The van der Waals surface area contributed by atoms with Crippen LogP contribution in [0.5, 0.6) is 0 Å². The van der Waals surface area contributed by atoms with Crippen molar-refractivity contribution in [3.8, 4) is 0 Å². The molecule has 1 fully saturated rings. The van der Waals surface area contributed by atoms with Crippen molar-refractivity contribution in [3.05, 3.63) is 12.0 Å². The lowest BCUT2D eigenvalue weighted by Crippen LogP contribution is -2.00. The van der Waals surface area contributed by atoms with Crippen LogP contribution < -0.4 is 5.73 Å². The molecule has 0 aromatic carbocycles. The van der Waals surface area contributed by atoms with Crippen molar-refractivity contribution in [1.29, 1.82) is 0 Å². The lowest BCUT2D eigenvalue weighted by atomic mass is 10.4. The fourth-order valence-corrected chi connectivity index (χ4v) is 1.22. The van der Waals surface area contributed by atoms with Crippen LogP contribution in [0, 0.1) is 12.8 Å². The summed E-state index contributed by atoms with van der Waals surface area (Å²) in [4.78, 5) is 4.04. The highest BCUT2D eigenvalue weighted by Gasteiger charge is 2.22. The second-order valence-corrected chi connectivity index (χ2v) is 3.31. The molecule has 0 atom stereocenters. The Bertz CT molecular complexity index is 260. The molecule has 3 nitrogen and oxygen atoms in total. The Morgan fingerprint density at radius 2 is 2.45 bits per heavy atom. The Kier molecular flexibility index (Phi) is 1.37. The highest BCUT2D eigenvalue weighted by atomic mass is 15.1. The Morgan fingerprint density at radius 3 is 2.91 bits per heavy atom. The Labute approximate surface area is 66.2 Å². The smallest absolute Gasteiger partial charge is 0.144 e. The third-order valence-corrected chi connectivity index (χ3v) is 2.29. The number of imidazole rings is 1. The average molecular weight is 151 g/mol. The highest BCUT2D eigenvalue weighted by Crippen LogP contribution is 2.31. The monoisotopic (exact) mass is 151 g/mol. The van der Waals surface area contributed by atoms with Crippen molar-refractivity contribution >= 4 is 5.82 Å². The van der Waals surface area contributed by atoms with Gasteiger partial charge in [-0.1, -0.05) is 0 Å². The third-order valence-electron chi connectivity index (χ3n) is 2.29. The van der Waals surface area contributed by atoms with Crippen LogP contribution >= 0.6 is 0 Å². The maximum absolute atomic E-state index is 5.60. The van der Waals surface area contributed by atoms with Crippen LogP contribution in [0.15, 0.2) is 6.33 Å². The largest absolute Gasteiger partial charge is 0.382 e. The molecule has 0 amide bonds. The van der Waals surface area contributed by atoms with Crippen LogP contribution in [-0.2, 0) is 6.54 Å². The fraction of sp³-hybridized carbons (Fsp3) is 0.625. The third kappa shape index (κ3) is 1.23. The van der Waals surface area contributed by atoms with Gasteiger partial charge in [-0.25, -0.2) is 4.98 Å². The summed E-state index contributed by atoms with van der Waals surface area (Å²) in [6.45, 7) is 3.13. The minimum atomic E-state index is 0.672. The molecule has 1 aromatic rings. The molecule has 1 aliphatic rings. The summed E-state index contributed by atoms with van der Waals surface area (Å²) in [5, 5.41) is 0. The standard InChI is InChI=1S/C8H13N3/c1-6-8(9)10-5-11(6)4-7-2-3-7/h5,7H,2-4,9H2,1H3. The van der Waals surface area contributed by atoms with Gasteiger partial charge in [0.05, 0.1) is 12.0 Å². The molecule has 1 heterocycles. The summed E-state index contributed by atoms with van der Waals surface area (Å²) < 4.78 is 2.15. The topological polar surface area (TPSA) is 43.8 Å². The van der Waals surface area contributed by atoms with Crippen molar-refractivity contribution in [2.45, 2.75) is 26.3 Å². The van der Waals surface area contributed by atoms with Gasteiger partial charge in [-0.2, -0.15) is 0 Å². The molecule has 2 N–H and O–H groups in total. The zero-order valence-electron chi connectivity index (χ0n) is 6.75. The van der Waals surface area contributed by atoms with Gasteiger partial charge in [0, 0.05) is 6.54 Å². The maximum Gasteiger partial charge on any atom is 0.144 e. The lowest BCUT2D eigenvalue weighted by Gasteiger charge is -2.01. The van der Waals surface area contributed by atoms with E-state index in [0.717, 1.165) is 18.2 Å². The van der Waals surface area contributed by atoms with E-state index < -0.39 is 0 Å². The van der Waals surface area contributed by atoms with E-state index in [1.807, 2.05) is 13.3 Å². The Balaban J connectivity index is 2.15. The first-order valence-electron chi connectivity index (χ1n) is 4.04. The minimum Gasteiger partial charge on any atom is -0.382 e. The number of anilines is 1. The minimum absolute atomic E-state index is 0.672. The van der Waals surface area contributed by atoms with Crippen LogP contribution in [0.4, 0.5) is 5.82 Å². The predicted octanol–water partition coefficient (Wildman–Crippen LogP) is 1.18. The van der Waals surface area contributed by atoms with Crippen LogP contribution in [0.1, 0.15) is 18.5 Å². The van der Waals surface area contributed by atoms with E-state index in [-0.39, 0.29) is 0 Å². The zero-order valence-corrected chi connectivity index (χ0v) is 6.75. The van der Waals surface area contributed by atoms with Gasteiger partial charge in [0.15, 0.2) is 0 Å². The van der Waals surface area contributed by atoms with Gasteiger partial charge in [0.25, 0.3) is 0 Å². The van der Waals surface area contributed by atoms with E-state index >= 15 is 0 Å². The van der Waals surface area contributed by atoms with Crippen LogP contribution in [-0.4, -0.2) is 9.55 Å². The summed E-state index contributed by atoms with van der Waals surface area (Å²) in [5.74, 6) is 1.56. The first-order valence-corrected chi connectivity index (χ1v) is 4.04. The van der Waals surface area contributed by atoms with Crippen molar-refractivity contribution < 1.29 is 0 Å². The number of nitrogen functional groups attached to an aromatic ring is 1. The molecule has 1 aromatic heterocycles. The molecule has 0 unspecified atom stereocenters. The number of nitrogens with zero attached hydrogens (tertiary/aromatic N) is 2. The molecule has 0 spiro atoms. The summed E-state index contributed by atoms with van der Waals surface area (Å²) >= 11 is 0. The van der Waals surface area contributed by atoms with Gasteiger partial charge in [0.2, 0.25) is 0 Å². The predicted molar refractivity (Wildman–Crippen MR) is 44.1 cm³/mol. The molecular formula is C8H13N3. The summed E-state index contributed by atoms with van der Waals surface area (Å²) in [5.41, 5.74) is 6.71. The SMILES string of the molecule is Cc1c(N)ncn1CC1CC1. The summed E-state index contributed by atoms with van der Waals surface area (Å²) in [6, 6.07) is 0. The quantitative estimate of drug-likeness (QED) is 0.689. The van der Waals surface area contributed by atoms with Gasteiger partial charge < -0.3 is 10.3 Å². The molecule has 3 heteroatoms. The molecule has 2 rings (SSSR count). The zero-order chi connectivity index (χ0) is 7.84. The maximum atomic E-state index is 5.60. The summed E-state index contributed by atoms with van der Waals surface area (Å²) in [7, 11) is 0. The van der Waals surface area contributed by atoms with Crippen LogP contribution in [0.3, 0.4) is 0 Å². The second-order valence-electron chi connectivity index (χ2n) is 3.31. The molecule has 0 aliphatic heterocycles. The van der Waals surface area contributed by atoms with Crippen molar-refractivity contribution in [3.63, 3.8) is 0 Å². The Morgan fingerprint density at radius 1 is 1.73 bits per heavy atom. The second kappa shape index (κ2) is 2.26. The first kappa shape index (κ1) is 6.70. The summed E-state index contributed by atoms with van der Waals surface area (Å²) in [6.07, 6.45) is 4.58. The number of hydrogen-bond acceptors (Lipinski definition) is 2. The molecule has 11 heavy (non-hydrogen) atoms. The fourth-order valence-electron chi connectivity index (χ4n) is 1.22. The molecule has 1 aliphatic carbocycles. The van der Waals surface area contributed by atoms with Crippen molar-refractivity contribution in [1.82, 2.24) is 9.55 Å². The molecule has 0 bridgehead atoms. The Hall–Kier alpha value is -0.990. The van der Waals surface area contributed by atoms with Gasteiger partial charge in [-0.15, -0.1) is 0 Å². The van der Waals surface area contributed by atoms with E-state index in [4.69, 9.17) is 5.73 Å². The van der Waals surface area contributed by atoms with E-state index in [1.54, 1.807) is 0 Å². The van der Waals surface area contributed by atoms with Crippen molar-refractivity contribution in [2.24, 2.45) is 5.92 Å². The van der Waals surface area contributed by atoms with Crippen LogP contribution in [0.25, 0.3) is 0 Å². The van der Waals surface area contributed by atoms with Gasteiger partial charge >= 0.3 is 0 Å². The molecule has 0 saturated heterocycles. The lowest BCUT2D eigenvalue weighted by molar-refractivity contribution is 0.613. The van der Waals surface area contributed by atoms with Gasteiger partial charge in [0.1, 0.15) is 5.82 Å². The number of hydrogen-bond donors (Lipinski definition) is 1. The van der Waals surface area contributed by atoms with E-state index in [0.29, 0.717) is 5.82 Å². The van der Waals surface area contributed by atoms with E-state index in [1.165, 1.54) is 12.8 Å². The van der Waals surface area contributed by atoms with Gasteiger partial charge in [-0.3, -0.25) is 0 Å². The molecular weight excluding hydrogens is 138 g/mol.